The molecule has 4 atom stereocenters. The maximum absolute atomic E-state index is 11.9. The molecule has 36 heavy (non-hydrogen) atoms. The zero-order valence-electron chi connectivity index (χ0n) is 26.6. The number of carbonyl (C=O) groups excluding carboxylic acids is 1. The van der Waals surface area contributed by atoms with E-state index in [9.17, 15) is 4.79 Å². The minimum absolute atomic E-state index is 0.155. The molecule has 4 unspecified atom stereocenters. The average molecular weight is 536 g/mol. The van der Waals surface area contributed by atoms with Crippen molar-refractivity contribution in [3.63, 3.8) is 0 Å². The summed E-state index contributed by atoms with van der Waals surface area (Å²) in [4.78, 5) is 11.9. The molecule has 0 bridgehead atoms. The van der Waals surface area contributed by atoms with E-state index in [0.717, 1.165) is 18.7 Å². The molecule has 0 radical (unpaired) electrons. The Morgan fingerprint density at radius 2 is 1.31 bits per heavy atom. The van der Waals surface area contributed by atoms with E-state index in [0.29, 0.717) is 35.6 Å². The number of nitrogens with one attached hydrogen (secondary N) is 1. The van der Waals surface area contributed by atoms with Gasteiger partial charge >= 0.3 is 5.90 Å². The molecule has 1 rings (SSSR count). The first kappa shape index (κ1) is 37.2. The average Bonchev–Trinajstić information content (AvgIpc) is 3.02. The third kappa shape index (κ3) is 14.1. The van der Waals surface area contributed by atoms with E-state index in [2.05, 4.69) is 87.1 Å². The third-order valence-corrected chi connectivity index (χ3v) is 7.29. The number of amides is 1. The standard InChI is InChI=1S/C14H30NO2S.C12H25NO.C3H8O/c1-9-12(6)13(10(2)3)14-15(11(4)5)17-18(7,8)16-14;1-7-10(6)11(8(2)3)12(14)13-9(4)5;1-3(2)4/h10-13H,9H2,1-8H3;8-11H,7H2,1-6H3,(H,13,14);3-4H,1-2H3/q+1;;. The van der Waals surface area contributed by atoms with E-state index in [-0.39, 0.29) is 24.0 Å². The number of hydrogen-bond acceptors (Lipinski definition) is 4. The van der Waals surface area contributed by atoms with Crippen LogP contribution in [0.5, 0.6) is 0 Å². The summed E-state index contributed by atoms with van der Waals surface area (Å²) in [6.07, 6.45) is 6.18. The molecule has 6 nitrogen and oxygen atoms in total. The van der Waals surface area contributed by atoms with Crippen LogP contribution in [0.25, 0.3) is 0 Å². The van der Waals surface area contributed by atoms with Crippen LogP contribution in [-0.4, -0.2) is 52.3 Å². The van der Waals surface area contributed by atoms with Crippen molar-refractivity contribution in [3.05, 3.63) is 0 Å². The van der Waals surface area contributed by atoms with Crippen LogP contribution in [0.1, 0.15) is 110 Å². The summed E-state index contributed by atoms with van der Waals surface area (Å²) < 4.78 is 14.2. The molecule has 0 spiro atoms. The smallest absolute Gasteiger partial charge is 0.394 e. The van der Waals surface area contributed by atoms with Crippen molar-refractivity contribution in [1.82, 2.24) is 5.32 Å². The Balaban J connectivity index is 0. The number of rotatable bonds is 10. The Bertz CT molecular complexity index is 642. The van der Waals surface area contributed by atoms with E-state index in [4.69, 9.17) is 13.6 Å². The molecule has 1 amide bonds. The fourth-order valence-corrected chi connectivity index (χ4v) is 5.58. The zero-order chi connectivity index (χ0) is 29.0. The number of carbonyl (C=O) groups is 1. The maximum Gasteiger partial charge on any atom is 0.413 e. The van der Waals surface area contributed by atoms with Crippen molar-refractivity contribution in [1.29, 1.82) is 0 Å². The molecule has 1 heterocycles. The number of hydroxylamine groups is 1. The molecule has 0 saturated heterocycles. The van der Waals surface area contributed by atoms with E-state index in [1.54, 1.807) is 13.8 Å². The zero-order valence-corrected chi connectivity index (χ0v) is 27.5. The van der Waals surface area contributed by atoms with Crippen molar-refractivity contribution >= 4 is 22.4 Å². The van der Waals surface area contributed by atoms with Crippen LogP contribution in [0.15, 0.2) is 0 Å². The van der Waals surface area contributed by atoms with Gasteiger partial charge in [0.1, 0.15) is 0 Å². The number of hydrogen-bond donors (Lipinski definition) is 2. The first-order valence-electron chi connectivity index (χ1n) is 14.1. The van der Waals surface area contributed by atoms with Crippen molar-refractivity contribution in [2.45, 2.75) is 128 Å². The lowest BCUT2D eigenvalue weighted by molar-refractivity contribution is -0.763. The maximum atomic E-state index is 11.9. The van der Waals surface area contributed by atoms with Gasteiger partial charge in [0, 0.05) is 36.7 Å². The SMILES string of the molecule is CC(C)O.CCC(C)C(C(=O)NC(C)C)C(C)C.CCC(C)C(C1=[N+](C(C)C)OS(C)(C)O1)C(C)C. The highest BCUT2D eigenvalue weighted by atomic mass is 32.3. The largest absolute Gasteiger partial charge is 0.413 e. The van der Waals surface area contributed by atoms with Crippen LogP contribution >= 0.6 is 10.6 Å². The summed E-state index contributed by atoms with van der Waals surface area (Å²) in [6, 6.07) is 0.562. The lowest BCUT2D eigenvalue weighted by Gasteiger charge is -2.26. The lowest BCUT2D eigenvalue weighted by atomic mass is 9.82. The second-order valence-corrected chi connectivity index (χ2v) is 14.7. The van der Waals surface area contributed by atoms with Crippen LogP contribution in [0, 0.1) is 35.5 Å². The predicted octanol–water partition coefficient (Wildman–Crippen LogP) is 7.20. The number of aliphatic hydroxyl groups is 1. The van der Waals surface area contributed by atoms with E-state index < -0.39 is 10.6 Å². The van der Waals surface area contributed by atoms with Gasteiger partial charge in [-0.1, -0.05) is 78.8 Å². The predicted molar refractivity (Wildman–Crippen MR) is 158 cm³/mol. The number of aliphatic hydroxyl groups excluding tert-OH is 1. The lowest BCUT2D eigenvalue weighted by Crippen LogP contribution is -2.40. The van der Waals surface area contributed by atoms with Crippen LogP contribution in [-0.2, 0) is 13.3 Å². The first-order chi connectivity index (χ1) is 16.3. The summed E-state index contributed by atoms with van der Waals surface area (Å²) in [7, 11) is -1.42. The van der Waals surface area contributed by atoms with Crippen molar-refractivity contribution in [2.24, 2.45) is 35.5 Å². The van der Waals surface area contributed by atoms with Crippen LogP contribution in [0.3, 0.4) is 0 Å². The van der Waals surface area contributed by atoms with Gasteiger partial charge in [0.15, 0.2) is 0 Å². The molecule has 218 valence electrons. The first-order valence-corrected chi connectivity index (χ1v) is 16.4. The van der Waals surface area contributed by atoms with Gasteiger partial charge in [-0.3, -0.25) is 4.79 Å². The Kier molecular flexibility index (Phi) is 18.1. The van der Waals surface area contributed by atoms with E-state index in [1.165, 1.54) is 0 Å². The normalized spacial score (nSPS) is 19.1. The molecule has 7 heteroatoms. The summed E-state index contributed by atoms with van der Waals surface area (Å²) in [6.45, 7) is 29.4. The molecule has 1 aliphatic rings. The van der Waals surface area contributed by atoms with Gasteiger partial charge in [-0.25, -0.2) is 0 Å². The van der Waals surface area contributed by atoms with Gasteiger partial charge in [0.2, 0.25) is 11.9 Å². The summed E-state index contributed by atoms with van der Waals surface area (Å²) in [5, 5.41) is 11.1. The molecular formula is C29H63N2O4S+. The van der Waals surface area contributed by atoms with Crippen molar-refractivity contribution in [3.8, 4) is 0 Å². The fraction of sp³-hybridized carbons (Fsp3) is 0.931. The van der Waals surface area contributed by atoms with Gasteiger partial charge in [0.05, 0.1) is 18.4 Å². The Labute approximate surface area is 226 Å². The summed E-state index contributed by atoms with van der Waals surface area (Å²) in [5.74, 6) is 3.91. The second-order valence-electron chi connectivity index (χ2n) is 12.1. The third-order valence-electron chi connectivity index (χ3n) is 6.20. The highest BCUT2D eigenvalue weighted by Crippen LogP contribution is 2.49. The highest BCUT2D eigenvalue weighted by molar-refractivity contribution is 8.25. The van der Waals surface area contributed by atoms with Crippen LogP contribution < -0.4 is 5.32 Å². The highest BCUT2D eigenvalue weighted by Gasteiger charge is 2.46. The van der Waals surface area contributed by atoms with Gasteiger partial charge in [-0.05, 0) is 51.4 Å². The molecule has 0 aromatic carbocycles. The van der Waals surface area contributed by atoms with Crippen LogP contribution in [0.4, 0.5) is 0 Å². The molecule has 0 saturated carbocycles. The van der Waals surface area contributed by atoms with E-state index in [1.807, 2.05) is 18.6 Å². The van der Waals surface area contributed by atoms with Gasteiger partial charge in [-0.15, -0.1) is 4.28 Å². The van der Waals surface area contributed by atoms with Gasteiger partial charge < -0.3 is 14.6 Å². The summed E-state index contributed by atoms with van der Waals surface area (Å²) in [5.41, 5.74) is 0. The summed E-state index contributed by atoms with van der Waals surface area (Å²) >= 11 is 0. The topological polar surface area (TPSA) is 70.8 Å². The van der Waals surface area contributed by atoms with Crippen molar-refractivity contribution < 1.29 is 23.1 Å². The molecule has 0 aromatic rings. The minimum atomic E-state index is -1.42. The van der Waals surface area contributed by atoms with E-state index >= 15 is 0 Å². The quantitative estimate of drug-likeness (QED) is 0.290. The molecule has 1 aliphatic heterocycles. The Morgan fingerprint density at radius 3 is 1.61 bits per heavy atom. The monoisotopic (exact) mass is 535 g/mol. The Hall–Kier alpha value is -0.950. The fourth-order valence-electron chi connectivity index (χ4n) is 4.32. The van der Waals surface area contributed by atoms with Crippen LogP contribution in [0.2, 0.25) is 0 Å². The van der Waals surface area contributed by atoms with Crippen molar-refractivity contribution in [2.75, 3.05) is 12.5 Å². The minimum Gasteiger partial charge on any atom is -0.394 e. The molecule has 0 fully saturated rings. The second kappa shape index (κ2) is 17.5. The Morgan fingerprint density at radius 1 is 0.861 bits per heavy atom. The molecule has 0 aliphatic carbocycles. The van der Waals surface area contributed by atoms with Gasteiger partial charge in [0.25, 0.3) is 0 Å². The molecular weight excluding hydrogens is 472 g/mol. The molecule has 2 N–H and O–H groups in total. The molecule has 0 aromatic heterocycles. The van der Waals surface area contributed by atoms with Gasteiger partial charge in [-0.2, -0.15) is 0 Å². The number of nitrogens with zero attached hydrogens (tertiary/aromatic N) is 1.